The normalized spacial score (nSPS) is 18.2. The Hall–Kier alpha value is -2.66. The van der Waals surface area contributed by atoms with Gasteiger partial charge in [0, 0.05) is 31.3 Å². The van der Waals surface area contributed by atoms with E-state index in [9.17, 15) is 20.2 Å². The van der Waals surface area contributed by atoms with Crippen LogP contribution in [0.1, 0.15) is 32.3 Å². The van der Waals surface area contributed by atoms with Gasteiger partial charge in [-0.05, 0) is 24.8 Å². The van der Waals surface area contributed by atoms with E-state index in [1.54, 1.807) is 6.07 Å². The summed E-state index contributed by atoms with van der Waals surface area (Å²) in [6.07, 6.45) is 1.48. The second kappa shape index (κ2) is 7.94. The summed E-state index contributed by atoms with van der Waals surface area (Å²) in [5.41, 5.74) is 6.34. The number of nitrogens with zero attached hydrogens (tertiary/aromatic N) is 3. The van der Waals surface area contributed by atoms with Crippen LogP contribution in [0.15, 0.2) is 18.2 Å². The van der Waals surface area contributed by atoms with Crippen molar-refractivity contribution in [1.82, 2.24) is 5.32 Å². The number of non-ortho nitro benzene ring substituents is 1. The molecule has 8 heteroatoms. The van der Waals surface area contributed by atoms with Crippen LogP contribution in [-0.2, 0) is 4.79 Å². The first-order chi connectivity index (χ1) is 11.8. The Labute approximate surface area is 146 Å². The van der Waals surface area contributed by atoms with E-state index in [1.807, 2.05) is 24.8 Å². The minimum atomic E-state index is -0.512. The Morgan fingerprint density at radius 2 is 2.28 bits per heavy atom. The minimum absolute atomic E-state index is 0.0815. The van der Waals surface area contributed by atoms with Gasteiger partial charge in [-0.1, -0.05) is 13.8 Å². The maximum atomic E-state index is 11.6. The van der Waals surface area contributed by atoms with Gasteiger partial charge in [0.25, 0.3) is 5.69 Å². The van der Waals surface area contributed by atoms with Crippen molar-refractivity contribution in [2.75, 3.05) is 18.0 Å². The first-order valence-electron chi connectivity index (χ1n) is 8.30. The van der Waals surface area contributed by atoms with E-state index in [2.05, 4.69) is 5.32 Å². The van der Waals surface area contributed by atoms with Crippen LogP contribution in [0.5, 0.6) is 0 Å². The fourth-order valence-electron chi connectivity index (χ4n) is 3.14. The number of nitro groups is 1. The molecule has 1 amide bonds. The first-order valence-corrected chi connectivity index (χ1v) is 8.30. The molecule has 0 aliphatic carbocycles. The zero-order valence-corrected chi connectivity index (χ0v) is 14.4. The molecule has 0 radical (unpaired) electrons. The molecule has 0 saturated carbocycles. The van der Waals surface area contributed by atoms with Crippen molar-refractivity contribution in [3.05, 3.63) is 33.9 Å². The molecule has 1 aliphatic rings. The highest BCUT2D eigenvalue weighted by molar-refractivity contribution is 5.79. The van der Waals surface area contributed by atoms with E-state index in [0.29, 0.717) is 31.1 Å². The fourth-order valence-corrected chi connectivity index (χ4v) is 3.14. The SMILES string of the molecule is CC(C)C[C@H](N[C@H]1CCN(c2ccc([N+](=O)[O-])cc2C#N)C1)C(N)=O. The molecular formula is C17H23N5O3. The molecule has 1 aromatic rings. The quantitative estimate of drug-likeness (QED) is 0.570. The van der Waals surface area contributed by atoms with E-state index in [0.717, 1.165) is 6.42 Å². The van der Waals surface area contributed by atoms with E-state index in [4.69, 9.17) is 5.73 Å². The Balaban J connectivity index is 2.09. The highest BCUT2D eigenvalue weighted by atomic mass is 16.6. The van der Waals surface area contributed by atoms with Gasteiger partial charge in [-0.25, -0.2) is 0 Å². The van der Waals surface area contributed by atoms with Gasteiger partial charge in [-0.3, -0.25) is 14.9 Å². The number of carbonyl (C=O) groups is 1. The summed E-state index contributed by atoms with van der Waals surface area (Å²) >= 11 is 0. The summed E-state index contributed by atoms with van der Waals surface area (Å²) in [4.78, 5) is 24.0. The van der Waals surface area contributed by atoms with Crippen molar-refractivity contribution < 1.29 is 9.72 Å². The van der Waals surface area contributed by atoms with Crippen LogP contribution in [0.2, 0.25) is 0 Å². The van der Waals surface area contributed by atoms with Crippen molar-refractivity contribution >= 4 is 17.3 Å². The summed E-state index contributed by atoms with van der Waals surface area (Å²) < 4.78 is 0. The molecule has 1 heterocycles. The molecule has 134 valence electrons. The van der Waals surface area contributed by atoms with Crippen LogP contribution in [0.4, 0.5) is 11.4 Å². The zero-order chi connectivity index (χ0) is 18.6. The first kappa shape index (κ1) is 18.7. The monoisotopic (exact) mass is 345 g/mol. The van der Waals surface area contributed by atoms with Crippen LogP contribution in [0.3, 0.4) is 0 Å². The van der Waals surface area contributed by atoms with Crippen molar-refractivity contribution in [2.24, 2.45) is 11.7 Å². The fraction of sp³-hybridized carbons (Fsp3) is 0.529. The van der Waals surface area contributed by atoms with Gasteiger partial charge in [-0.2, -0.15) is 5.26 Å². The van der Waals surface area contributed by atoms with Gasteiger partial charge in [-0.15, -0.1) is 0 Å². The van der Waals surface area contributed by atoms with Gasteiger partial charge >= 0.3 is 0 Å². The summed E-state index contributed by atoms with van der Waals surface area (Å²) in [5, 5.41) is 23.5. The summed E-state index contributed by atoms with van der Waals surface area (Å²) in [7, 11) is 0. The average molecular weight is 345 g/mol. The molecule has 25 heavy (non-hydrogen) atoms. The number of hydrogen-bond donors (Lipinski definition) is 2. The second-order valence-corrected chi connectivity index (χ2v) is 6.75. The van der Waals surface area contributed by atoms with E-state index in [-0.39, 0.29) is 29.2 Å². The lowest BCUT2D eigenvalue weighted by Gasteiger charge is -2.23. The molecule has 2 rings (SSSR count). The van der Waals surface area contributed by atoms with Crippen LogP contribution < -0.4 is 16.0 Å². The molecule has 1 fully saturated rings. The van der Waals surface area contributed by atoms with E-state index in [1.165, 1.54) is 12.1 Å². The van der Waals surface area contributed by atoms with Gasteiger partial charge in [0.15, 0.2) is 0 Å². The number of nitrogens with one attached hydrogen (secondary N) is 1. The topological polar surface area (TPSA) is 125 Å². The Morgan fingerprint density at radius 3 is 2.84 bits per heavy atom. The molecule has 8 nitrogen and oxygen atoms in total. The number of rotatable bonds is 7. The van der Waals surface area contributed by atoms with E-state index >= 15 is 0 Å². The molecule has 1 aromatic carbocycles. The van der Waals surface area contributed by atoms with Crippen LogP contribution in [0.25, 0.3) is 0 Å². The van der Waals surface area contributed by atoms with Gasteiger partial charge in [0.05, 0.1) is 22.2 Å². The molecule has 1 saturated heterocycles. The third kappa shape index (κ3) is 4.67. The highest BCUT2D eigenvalue weighted by Crippen LogP contribution is 2.28. The van der Waals surface area contributed by atoms with Gasteiger partial charge in [0.1, 0.15) is 6.07 Å². The van der Waals surface area contributed by atoms with Crippen molar-refractivity contribution in [3.63, 3.8) is 0 Å². The van der Waals surface area contributed by atoms with Crippen molar-refractivity contribution in [2.45, 2.75) is 38.8 Å². The number of nitro benzene ring substituents is 1. The smallest absolute Gasteiger partial charge is 0.270 e. The Kier molecular flexibility index (Phi) is 5.93. The molecule has 0 unspecified atom stereocenters. The maximum absolute atomic E-state index is 11.6. The lowest BCUT2D eigenvalue weighted by Crippen LogP contribution is -2.48. The minimum Gasteiger partial charge on any atom is -0.369 e. The lowest BCUT2D eigenvalue weighted by atomic mass is 10.0. The number of primary amides is 1. The van der Waals surface area contributed by atoms with Crippen LogP contribution >= 0.6 is 0 Å². The molecule has 1 aliphatic heterocycles. The molecule has 0 bridgehead atoms. The van der Waals surface area contributed by atoms with Gasteiger partial charge < -0.3 is 16.0 Å². The number of nitrogens with two attached hydrogens (primary N) is 1. The van der Waals surface area contributed by atoms with Crippen LogP contribution in [0, 0.1) is 27.4 Å². The van der Waals surface area contributed by atoms with Gasteiger partial charge in [0.2, 0.25) is 5.91 Å². The zero-order valence-electron chi connectivity index (χ0n) is 14.4. The Bertz CT molecular complexity index is 698. The molecule has 2 atom stereocenters. The largest absolute Gasteiger partial charge is 0.369 e. The molecular weight excluding hydrogens is 322 g/mol. The van der Waals surface area contributed by atoms with Crippen molar-refractivity contribution in [3.8, 4) is 6.07 Å². The molecule has 0 spiro atoms. The predicted octanol–water partition coefficient (Wildman–Crippen LogP) is 1.53. The average Bonchev–Trinajstić information content (AvgIpc) is 3.01. The highest BCUT2D eigenvalue weighted by Gasteiger charge is 2.28. The number of amides is 1. The number of anilines is 1. The summed E-state index contributed by atoms with van der Waals surface area (Å²) in [6.45, 7) is 5.40. The lowest BCUT2D eigenvalue weighted by molar-refractivity contribution is -0.384. The van der Waals surface area contributed by atoms with Crippen LogP contribution in [-0.4, -0.2) is 36.0 Å². The number of benzene rings is 1. The third-order valence-corrected chi connectivity index (χ3v) is 4.33. The third-order valence-electron chi connectivity index (χ3n) is 4.33. The summed E-state index contributed by atoms with van der Waals surface area (Å²) in [5.74, 6) is -0.0115. The standard InChI is InChI=1S/C17H23N5O3/c1-11(2)7-15(17(19)23)20-13-5-6-21(10-13)16-4-3-14(22(24)25)8-12(16)9-18/h3-4,8,11,13,15,20H,5-7,10H2,1-2H3,(H2,19,23)/t13-,15-/m0/s1. The van der Waals surface area contributed by atoms with Crippen molar-refractivity contribution in [1.29, 1.82) is 5.26 Å². The second-order valence-electron chi connectivity index (χ2n) is 6.75. The number of nitriles is 1. The summed E-state index contributed by atoms with van der Waals surface area (Å²) in [6, 6.07) is 6.04. The van der Waals surface area contributed by atoms with E-state index < -0.39 is 4.92 Å². The predicted molar refractivity (Wildman–Crippen MR) is 94.0 cm³/mol. The molecule has 0 aromatic heterocycles. The number of carbonyl (C=O) groups excluding carboxylic acids is 1. The maximum Gasteiger partial charge on any atom is 0.270 e. The molecule has 3 N–H and O–H groups in total. The Morgan fingerprint density at radius 1 is 1.56 bits per heavy atom. The number of hydrogen-bond acceptors (Lipinski definition) is 6.